The van der Waals surface area contributed by atoms with Gasteiger partial charge in [-0.3, -0.25) is 14.9 Å². The van der Waals surface area contributed by atoms with E-state index in [0.29, 0.717) is 37.7 Å². The van der Waals surface area contributed by atoms with Crippen LogP contribution >= 0.6 is 0 Å². The number of nitrogens with one attached hydrogen (secondary N) is 1. The molecule has 1 aliphatic rings. The number of hydrogen-bond acceptors (Lipinski definition) is 5. The van der Waals surface area contributed by atoms with E-state index < -0.39 is 4.92 Å². The van der Waals surface area contributed by atoms with Gasteiger partial charge in [-0.15, -0.1) is 0 Å². The Morgan fingerprint density at radius 1 is 1.19 bits per heavy atom. The highest BCUT2D eigenvalue weighted by Crippen LogP contribution is 2.30. The van der Waals surface area contributed by atoms with Gasteiger partial charge in [0, 0.05) is 30.4 Å². The number of anilines is 2. The normalized spacial score (nSPS) is 14.1. The molecule has 0 bridgehead atoms. The van der Waals surface area contributed by atoms with E-state index >= 15 is 0 Å². The van der Waals surface area contributed by atoms with E-state index in [9.17, 15) is 14.9 Å². The van der Waals surface area contributed by atoms with Crippen molar-refractivity contribution in [3.63, 3.8) is 0 Å². The number of ether oxygens (including phenoxy) is 1. The van der Waals surface area contributed by atoms with E-state index in [0.717, 1.165) is 6.42 Å². The number of nitro benzene ring substituents is 1. The number of nitro groups is 1. The van der Waals surface area contributed by atoms with Gasteiger partial charge in [-0.1, -0.05) is 19.1 Å². The van der Waals surface area contributed by atoms with Gasteiger partial charge in [-0.2, -0.15) is 0 Å². The molecule has 3 rings (SSSR count). The van der Waals surface area contributed by atoms with Crippen LogP contribution in [0.4, 0.5) is 17.1 Å². The maximum Gasteiger partial charge on any atom is 0.293 e. The fraction of sp³-hybridized carbons (Fsp3) is 0.316. The van der Waals surface area contributed by atoms with Crippen molar-refractivity contribution in [1.82, 2.24) is 0 Å². The van der Waals surface area contributed by atoms with Gasteiger partial charge in [0.25, 0.3) is 11.6 Å². The number of nitrogens with zero attached hydrogens (tertiary/aromatic N) is 2. The second kappa shape index (κ2) is 7.97. The first kappa shape index (κ1) is 17.9. The fourth-order valence-electron chi connectivity index (χ4n) is 2.91. The molecule has 0 unspecified atom stereocenters. The third kappa shape index (κ3) is 4.00. The molecule has 0 aromatic heterocycles. The summed E-state index contributed by atoms with van der Waals surface area (Å²) >= 11 is 0. The molecule has 0 aliphatic carbocycles. The van der Waals surface area contributed by atoms with Crippen molar-refractivity contribution in [2.24, 2.45) is 0 Å². The molecular weight excluding hydrogens is 334 g/mol. The summed E-state index contributed by atoms with van der Waals surface area (Å²) in [6.45, 7) is 4.31. The van der Waals surface area contributed by atoms with Crippen molar-refractivity contribution in [2.75, 3.05) is 36.5 Å². The smallest absolute Gasteiger partial charge is 0.293 e. The molecule has 136 valence electrons. The summed E-state index contributed by atoms with van der Waals surface area (Å²) in [7, 11) is 0. The average Bonchev–Trinajstić information content (AvgIpc) is 2.68. The predicted molar refractivity (Wildman–Crippen MR) is 99.9 cm³/mol. The minimum absolute atomic E-state index is 0.0686. The molecular formula is C19H21N3O4. The molecule has 0 radical (unpaired) electrons. The molecule has 2 aromatic carbocycles. The summed E-state index contributed by atoms with van der Waals surface area (Å²) in [6, 6.07) is 12.1. The van der Waals surface area contributed by atoms with Crippen LogP contribution in [0.2, 0.25) is 0 Å². The minimum Gasteiger partial charge on any atom is -0.378 e. The number of rotatable bonds is 5. The van der Waals surface area contributed by atoms with Crippen molar-refractivity contribution >= 4 is 23.0 Å². The largest absolute Gasteiger partial charge is 0.378 e. The monoisotopic (exact) mass is 355 g/mol. The first-order valence-corrected chi connectivity index (χ1v) is 8.60. The zero-order valence-corrected chi connectivity index (χ0v) is 14.6. The molecule has 1 saturated heterocycles. The number of hydrogen-bond donors (Lipinski definition) is 1. The molecule has 0 spiro atoms. The van der Waals surface area contributed by atoms with Gasteiger partial charge in [-0.05, 0) is 36.2 Å². The molecule has 1 amide bonds. The van der Waals surface area contributed by atoms with Crippen LogP contribution in [-0.2, 0) is 11.2 Å². The highest BCUT2D eigenvalue weighted by Gasteiger charge is 2.23. The first-order valence-electron chi connectivity index (χ1n) is 8.60. The van der Waals surface area contributed by atoms with E-state index in [1.54, 1.807) is 12.1 Å². The molecule has 26 heavy (non-hydrogen) atoms. The van der Waals surface area contributed by atoms with Crippen molar-refractivity contribution in [3.05, 3.63) is 63.7 Å². The lowest BCUT2D eigenvalue weighted by Crippen LogP contribution is -2.36. The van der Waals surface area contributed by atoms with E-state index in [-0.39, 0.29) is 17.2 Å². The van der Waals surface area contributed by atoms with Gasteiger partial charge in [-0.25, -0.2) is 0 Å². The lowest BCUT2D eigenvalue weighted by Gasteiger charge is -2.28. The number of benzene rings is 2. The van der Waals surface area contributed by atoms with Gasteiger partial charge in [0.1, 0.15) is 5.69 Å². The Bertz CT molecular complexity index is 799. The maximum atomic E-state index is 12.5. The zero-order valence-electron chi connectivity index (χ0n) is 14.6. The quantitative estimate of drug-likeness (QED) is 0.657. The van der Waals surface area contributed by atoms with Crippen LogP contribution in [0.15, 0.2) is 42.5 Å². The fourth-order valence-corrected chi connectivity index (χ4v) is 2.91. The second-order valence-electron chi connectivity index (χ2n) is 6.06. The Labute approximate surface area is 151 Å². The second-order valence-corrected chi connectivity index (χ2v) is 6.06. The lowest BCUT2D eigenvalue weighted by atomic mass is 10.1. The van der Waals surface area contributed by atoms with Gasteiger partial charge >= 0.3 is 0 Å². The molecule has 2 aromatic rings. The van der Waals surface area contributed by atoms with Crippen molar-refractivity contribution < 1.29 is 14.5 Å². The van der Waals surface area contributed by atoms with Crippen LogP contribution < -0.4 is 10.2 Å². The standard InChI is InChI=1S/C19H21N3O4/c1-2-14-3-6-16(7-4-14)20-19(23)15-5-8-17(18(13-15)22(24)25)21-9-11-26-12-10-21/h3-8,13H,2,9-12H2,1H3,(H,20,23). The number of amides is 1. The SMILES string of the molecule is CCc1ccc(NC(=O)c2ccc(N3CCOCC3)c([N+](=O)[O-])c2)cc1. The van der Waals surface area contributed by atoms with Gasteiger partial charge in [0.15, 0.2) is 0 Å². The van der Waals surface area contributed by atoms with Gasteiger partial charge in [0.2, 0.25) is 0 Å². The number of morpholine rings is 1. The molecule has 7 nitrogen and oxygen atoms in total. The van der Waals surface area contributed by atoms with Crippen LogP contribution in [0.3, 0.4) is 0 Å². The van der Waals surface area contributed by atoms with Crippen molar-refractivity contribution in [1.29, 1.82) is 0 Å². The molecule has 7 heteroatoms. The highest BCUT2D eigenvalue weighted by atomic mass is 16.6. The van der Waals surface area contributed by atoms with Gasteiger partial charge in [0.05, 0.1) is 18.1 Å². The average molecular weight is 355 g/mol. The van der Waals surface area contributed by atoms with E-state index in [1.807, 2.05) is 29.2 Å². The molecule has 1 N–H and O–H groups in total. The summed E-state index contributed by atoms with van der Waals surface area (Å²) in [5.41, 5.74) is 2.54. The molecule has 0 atom stereocenters. The Morgan fingerprint density at radius 3 is 2.50 bits per heavy atom. The van der Waals surface area contributed by atoms with E-state index in [4.69, 9.17) is 4.74 Å². The third-order valence-corrected chi connectivity index (χ3v) is 4.41. The summed E-state index contributed by atoms with van der Waals surface area (Å²) < 4.78 is 5.29. The Kier molecular flexibility index (Phi) is 5.48. The molecule has 1 aliphatic heterocycles. The van der Waals surface area contributed by atoms with Crippen LogP contribution in [0.1, 0.15) is 22.8 Å². The van der Waals surface area contributed by atoms with Crippen molar-refractivity contribution in [2.45, 2.75) is 13.3 Å². The van der Waals surface area contributed by atoms with E-state index in [2.05, 4.69) is 12.2 Å². The van der Waals surface area contributed by atoms with Crippen LogP contribution in [0, 0.1) is 10.1 Å². The molecule has 1 fully saturated rings. The van der Waals surface area contributed by atoms with Crippen molar-refractivity contribution in [3.8, 4) is 0 Å². The number of aryl methyl sites for hydroxylation is 1. The number of carbonyl (C=O) groups excluding carboxylic acids is 1. The lowest BCUT2D eigenvalue weighted by molar-refractivity contribution is -0.384. The Morgan fingerprint density at radius 2 is 1.88 bits per heavy atom. The molecule has 1 heterocycles. The summed E-state index contributed by atoms with van der Waals surface area (Å²) in [6.07, 6.45) is 0.920. The third-order valence-electron chi connectivity index (χ3n) is 4.41. The minimum atomic E-state index is -0.447. The van der Waals surface area contributed by atoms with Crippen LogP contribution in [-0.4, -0.2) is 37.1 Å². The van der Waals surface area contributed by atoms with Crippen LogP contribution in [0.25, 0.3) is 0 Å². The Hall–Kier alpha value is -2.93. The first-order chi connectivity index (χ1) is 12.6. The zero-order chi connectivity index (χ0) is 18.5. The predicted octanol–water partition coefficient (Wildman–Crippen LogP) is 3.25. The summed E-state index contributed by atoms with van der Waals surface area (Å²) in [5.74, 6) is -0.370. The highest BCUT2D eigenvalue weighted by molar-refractivity contribution is 6.05. The number of carbonyl (C=O) groups is 1. The topological polar surface area (TPSA) is 84.7 Å². The Balaban J connectivity index is 1.81. The van der Waals surface area contributed by atoms with Crippen LogP contribution in [0.5, 0.6) is 0 Å². The maximum absolute atomic E-state index is 12.5. The summed E-state index contributed by atoms with van der Waals surface area (Å²) in [4.78, 5) is 25.4. The molecule has 0 saturated carbocycles. The van der Waals surface area contributed by atoms with Gasteiger partial charge < -0.3 is 15.0 Å². The van der Waals surface area contributed by atoms with E-state index in [1.165, 1.54) is 11.6 Å². The summed E-state index contributed by atoms with van der Waals surface area (Å²) in [5, 5.41) is 14.3.